The van der Waals surface area contributed by atoms with E-state index in [2.05, 4.69) is 4.98 Å². The van der Waals surface area contributed by atoms with Gasteiger partial charge in [0.2, 0.25) is 11.5 Å². The van der Waals surface area contributed by atoms with Crippen molar-refractivity contribution in [3.8, 4) is 0 Å². The SMILES string of the molecule is Cc1ccc(Cc2nc(C(=O)/C=C(\O)C(=O)O)cs2)cc1. The van der Waals surface area contributed by atoms with Gasteiger partial charge >= 0.3 is 5.97 Å². The van der Waals surface area contributed by atoms with E-state index in [-0.39, 0.29) is 5.69 Å². The molecular weight excluding hydrogens is 290 g/mol. The summed E-state index contributed by atoms with van der Waals surface area (Å²) in [6, 6.07) is 7.99. The van der Waals surface area contributed by atoms with Crippen LogP contribution in [0.3, 0.4) is 0 Å². The van der Waals surface area contributed by atoms with Crippen molar-refractivity contribution in [2.24, 2.45) is 0 Å². The number of hydrogen-bond donors (Lipinski definition) is 2. The van der Waals surface area contributed by atoms with Gasteiger partial charge in [-0.15, -0.1) is 11.3 Å². The summed E-state index contributed by atoms with van der Waals surface area (Å²) < 4.78 is 0. The Morgan fingerprint density at radius 3 is 2.52 bits per heavy atom. The number of aryl methyl sites for hydroxylation is 1. The number of hydrogen-bond acceptors (Lipinski definition) is 5. The first-order valence-electron chi connectivity index (χ1n) is 6.14. The second-order valence-electron chi connectivity index (χ2n) is 4.49. The van der Waals surface area contributed by atoms with Crippen LogP contribution < -0.4 is 0 Å². The molecule has 0 aliphatic carbocycles. The molecule has 0 aliphatic rings. The number of carboxylic acid groups (broad SMARTS) is 1. The van der Waals surface area contributed by atoms with Gasteiger partial charge in [0.05, 0.1) is 5.01 Å². The predicted molar refractivity (Wildman–Crippen MR) is 78.8 cm³/mol. The third-order valence-corrected chi connectivity index (χ3v) is 3.62. The fourth-order valence-corrected chi connectivity index (χ4v) is 2.46. The normalized spacial score (nSPS) is 11.4. The number of nitrogens with zero attached hydrogens (tertiary/aromatic N) is 1. The Morgan fingerprint density at radius 1 is 1.24 bits per heavy atom. The summed E-state index contributed by atoms with van der Waals surface area (Å²) in [6.07, 6.45) is 1.26. The van der Waals surface area contributed by atoms with Crippen LogP contribution in [0.2, 0.25) is 0 Å². The highest BCUT2D eigenvalue weighted by Gasteiger charge is 2.13. The van der Waals surface area contributed by atoms with Gasteiger partial charge in [0.15, 0.2) is 0 Å². The molecular formula is C15H13NO4S. The van der Waals surface area contributed by atoms with Crippen molar-refractivity contribution in [1.82, 2.24) is 4.98 Å². The van der Waals surface area contributed by atoms with E-state index in [0.29, 0.717) is 12.5 Å². The van der Waals surface area contributed by atoms with Crippen LogP contribution in [0.5, 0.6) is 0 Å². The van der Waals surface area contributed by atoms with E-state index >= 15 is 0 Å². The molecule has 5 nitrogen and oxygen atoms in total. The standard InChI is InChI=1S/C15H13NO4S/c1-9-2-4-10(5-3-9)6-14-16-11(8-21-14)12(17)7-13(18)15(19)20/h2-5,7-8,18H,6H2,1H3,(H,19,20)/b13-7-. The van der Waals surface area contributed by atoms with Crippen molar-refractivity contribution in [1.29, 1.82) is 0 Å². The average Bonchev–Trinajstić information content (AvgIpc) is 2.90. The Morgan fingerprint density at radius 2 is 1.90 bits per heavy atom. The number of carboxylic acids is 1. The van der Waals surface area contributed by atoms with Crippen molar-refractivity contribution in [3.63, 3.8) is 0 Å². The fourth-order valence-electron chi connectivity index (χ4n) is 1.65. The summed E-state index contributed by atoms with van der Waals surface area (Å²) in [5.41, 5.74) is 2.39. The molecule has 0 saturated carbocycles. The molecule has 108 valence electrons. The lowest BCUT2D eigenvalue weighted by Gasteiger charge is -1.98. The zero-order chi connectivity index (χ0) is 15.4. The molecule has 0 atom stereocenters. The summed E-state index contributed by atoms with van der Waals surface area (Å²) in [5, 5.41) is 19.9. The summed E-state index contributed by atoms with van der Waals surface area (Å²) in [6.45, 7) is 2.01. The van der Waals surface area contributed by atoms with Gasteiger partial charge in [-0.2, -0.15) is 0 Å². The van der Waals surface area contributed by atoms with E-state index in [0.717, 1.165) is 10.6 Å². The molecule has 0 bridgehead atoms. The van der Waals surface area contributed by atoms with Crippen LogP contribution in [0, 0.1) is 6.92 Å². The van der Waals surface area contributed by atoms with Gasteiger partial charge in [0.25, 0.3) is 0 Å². The number of aliphatic carboxylic acids is 1. The second-order valence-corrected chi connectivity index (χ2v) is 5.43. The highest BCUT2D eigenvalue weighted by Crippen LogP contribution is 2.16. The monoisotopic (exact) mass is 303 g/mol. The number of aliphatic hydroxyl groups excluding tert-OH is 1. The highest BCUT2D eigenvalue weighted by atomic mass is 32.1. The Bertz CT molecular complexity index is 701. The number of aliphatic hydroxyl groups is 1. The van der Waals surface area contributed by atoms with Crippen LogP contribution in [-0.4, -0.2) is 26.9 Å². The molecule has 6 heteroatoms. The number of aromatic nitrogens is 1. The predicted octanol–water partition coefficient (Wildman–Crippen LogP) is 2.75. The van der Waals surface area contributed by atoms with E-state index in [9.17, 15) is 9.59 Å². The van der Waals surface area contributed by atoms with E-state index in [1.165, 1.54) is 16.9 Å². The molecule has 0 spiro atoms. The van der Waals surface area contributed by atoms with Gasteiger partial charge < -0.3 is 10.2 Å². The molecule has 1 aromatic heterocycles. The maximum Gasteiger partial charge on any atom is 0.371 e. The number of allylic oxidation sites excluding steroid dienone is 1. The molecule has 0 aliphatic heterocycles. The Balaban J connectivity index is 2.11. The van der Waals surface area contributed by atoms with Crippen molar-refractivity contribution in [2.45, 2.75) is 13.3 Å². The summed E-state index contributed by atoms with van der Waals surface area (Å²) in [4.78, 5) is 26.3. The first kappa shape index (κ1) is 14.9. The molecule has 0 amide bonds. The fraction of sp³-hybridized carbons (Fsp3) is 0.133. The molecule has 1 aromatic carbocycles. The Labute approximate surface area is 125 Å². The van der Waals surface area contributed by atoms with E-state index in [4.69, 9.17) is 10.2 Å². The van der Waals surface area contributed by atoms with Gasteiger partial charge in [0.1, 0.15) is 5.69 Å². The van der Waals surface area contributed by atoms with E-state index in [1.807, 2.05) is 31.2 Å². The molecule has 0 saturated heterocycles. The molecule has 21 heavy (non-hydrogen) atoms. The molecule has 2 aromatic rings. The largest absolute Gasteiger partial charge is 0.502 e. The van der Waals surface area contributed by atoms with Gasteiger partial charge in [0, 0.05) is 17.9 Å². The van der Waals surface area contributed by atoms with Crippen molar-refractivity contribution in [3.05, 3.63) is 63.3 Å². The lowest BCUT2D eigenvalue weighted by atomic mass is 10.1. The van der Waals surface area contributed by atoms with Crippen molar-refractivity contribution in [2.75, 3.05) is 0 Å². The number of thiazole rings is 1. The first-order chi connectivity index (χ1) is 9.95. The number of benzene rings is 1. The minimum Gasteiger partial charge on any atom is -0.502 e. The van der Waals surface area contributed by atoms with Crippen LogP contribution in [-0.2, 0) is 11.2 Å². The lowest BCUT2D eigenvalue weighted by Crippen LogP contribution is -2.04. The summed E-state index contributed by atoms with van der Waals surface area (Å²) >= 11 is 1.32. The average molecular weight is 303 g/mol. The molecule has 2 N–H and O–H groups in total. The maximum atomic E-state index is 11.7. The molecule has 0 unspecified atom stereocenters. The number of ketones is 1. The smallest absolute Gasteiger partial charge is 0.371 e. The van der Waals surface area contributed by atoms with E-state index in [1.54, 1.807) is 5.38 Å². The third-order valence-electron chi connectivity index (χ3n) is 2.77. The zero-order valence-electron chi connectivity index (χ0n) is 11.2. The Kier molecular flexibility index (Phi) is 4.49. The zero-order valence-corrected chi connectivity index (χ0v) is 12.1. The molecule has 0 fully saturated rings. The maximum absolute atomic E-state index is 11.7. The summed E-state index contributed by atoms with van der Waals surface area (Å²) in [5.74, 6) is -3.16. The second kappa shape index (κ2) is 6.32. The quantitative estimate of drug-likeness (QED) is 0.504. The van der Waals surface area contributed by atoms with Crippen molar-refractivity contribution >= 4 is 23.1 Å². The minimum atomic E-state index is -1.54. The van der Waals surface area contributed by atoms with Gasteiger partial charge in [-0.05, 0) is 12.5 Å². The highest BCUT2D eigenvalue weighted by molar-refractivity contribution is 7.09. The van der Waals surface area contributed by atoms with Crippen LogP contribution in [0.15, 0.2) is 41.5 Å². The van der Waals surface area contributed by atoms with Crippen LogP contribution >= 0.6 is 11.3 Å². The van der Waals surface area contributed by atoms with Crippen LogP contribution in [0.4, 0.5) is 0 Å². The van der Waals surface area contributed by atoms with Crippen LogP contribution in [0.1, 0.15) is 26.6 Å². The van der Waals surface area contributed by atoms with E-state index < -0.39 is 17.5 Å². The lowest BCUT2D eigenvalue weighted by molar-refractivity contribution is -0.135. The van der Waals surface area contributed by atoms with Crippen LogP contribution in [0.25, 0.3) is 0 Å². The minimum absolute atomic E-state index is 0.134. The van der Waals surface area contributed by atoms with Gasteiger partial charge in [-0.1, -0.05) is 29.8 Å². The topological polar surface area (TPSA) is 87.5 Å². The number of carbonyl (C=O) groups is 2. The van der Waals surface area contributed by atoms with Crippen molar-refractivity contribution < 1.29 is 19.8 Å². The number of rotatable bonds is 5. The third kappa shape index (κ3) is 4.00. The van der Waals surface area contributed by atoms with Gasteiger partial charge in [-0.25, -0.2) is 9.78 Å². The Hall–Kier alpha value is -2.47. The molecule has 2 rings (SSSR count). The van der Waals surface area contributed by atoms with Gasteiger partial charge in [-0.3, -0.25) is 4.79 Å². The summed E-state index contributed by atoms with van der Waals surface area (Å²) in [7, 11) is 0. The molecule has 0 radical (unpaired) electrons. The first-order valence-corrected chi connectivity index (χ1v) is 7.02. The number of carbonyl (C=O) groups excluding carboxylic acids is 1. The molecule has 1 heterocycles.